The van der Waals surface area contributed by atoms with Crippen molar-refractivity contribution in [3.8, 4) is 5.75 Å². The first-order chi connectivity index (χ1) is 9.78. The third kappa shape index (κ3) is 6.23. The van der Waals surface area contributed by atoms with Crippen LogP contribution in [0.25, 0.3) is 0 Å². The van der Waals surface area contributed by atoms with E-state index in [1.165, 1.54) is 37.3 Å². The highest BCUT2D eigenvalue weighted by Gasteiger charge is 2.13. The Hall–Kier alpha value is -1.46. The Bertz CT molecular complexity index is 437. The molecule has 1 aliphatic heterocycles. The van der Waals surface area contributed by atoms with Crippen molar-refractivity contribution in [1.82, 2.24) is 0 Å². The molecule has 0 atom stereocenters. The lowest BCUT2D eigenvalue weighted by atomic mass is 10.1. The van der Waals surface area contributed by atoms with Crippen LogP contribution in [0, 0.1) is 0 Å². The molecular formula is C15H23ClN2O3. The lowest BCUT2D eigenvalue weighted by Gasteiger charge is -2.23. The van der Waals surface area contributed by atoms with Crippen molar-refractivity contribution in [2.45, 2.75) is 19.3 Å². The van der Waals surface area contributed by atoms with E-state index in [4.69, 9.17) is 9.47 Å². The molecule has 2 rings (SSSR count). The number of likely N-dealkylation sites (tertiary alicyclic amines) is 1. The number of benzene rings is 1. The van der Waals surface area contributed by atoms with E-state index in [-0.39, 0.29) is 12.4 Å². The van der Waals surface area contributed by atoms with Crippen molar-refractivity contribution in [1.29, 1.82) is 0 Å². The van der Waals surface area contributed by atoms with Gasteiger partial charge in [-0.3, -0.25) is 5.32 Å². The number of carbonyl (C=O) groups is 1. The summed E-state index contributed by atoms with van der Waals surface area (Å²) in [6.45, 7) is 3.75. The van der Waals surface area contributed by atoms with Crippen LogP contribution in [0.5, 0.6) is 5.75 Å². The zero-order valence-corrected chi connectivity index (χ0v) is 13.1. The van der Waals surface area contributed by atoms with Crippen LogP contribution in [-0.4, -0.2) is 39.4 Å². The number of amides is 1. The number of carbonyl (C=O) groups excluding carboxylic acids is 1. The summed E-state index contributed by atoms with van der Waals surface area (Å²) in [6, 6.07) is 7.22. The van der Waals surface area contributed by atoms with E-state index in [1.807, 2.05) is 12.1 Å². The highest BCUT2D eigenvalue weighted by Crippen LogP contribution is 2.16. The number of halogens is 1. The largest absolute Gasteiger partial charge is 1.00 e. The Labute approximate surface area is 132 Å². The van der Waals surface area contributed by atoms with E-state index in [0.29, 0.717) is 18.0 Å². The van der Waals surface area contributed by atoms with Gasteiger partial charge in [0, 0.05) is 11.8 Å². The standard InChI is InChI=1S/C15H22N2O3.ClH/c1-19-14-7-5-6-13(12-14)16-15(18)20-11-10-17-8-3-2-4-9-17;/h5-7,12H,2-4,8-11H2,1H3,(H,16,18);1H. The summed E-state index contributed by atoms with van der Waals surface area (Å²) < 4.78 is 10.3. The summed E-state index contributed by atoms with van der Waals surface area (Å²) in [6.07, 6.45) is 3.49. The van der Waals surface area contributed by atoms with Gasteiger partial charge in [0.2, 0.25) is 0 Å². The van der Waals surface area contributed by atoms with Gasteiger partial charge in [0.05, 0.1) is 20.2 Å². The zero-order chi connectivity index (χ0) is 14.2. The number of ether oxygens (including phenoxy) is 2. The second-order valence-electron chi connectivity index (χ2n) is 5.05. The fraction of sp³-hybridized carbons (Fsp3) is 0.533. The molecule has 1 amide bonds. The highest BCUT2D eigenvalue weighted by molar-refractivity contribution is 5.84. The van der Waals surface area contributed by atoms with Gasteiger partial charge in [0.15, 0.2) is 0 Å². The third-order valence-electron chi connectivity index (χ3n) is 3.57. The topological polar surface area (TPSA) is 52.0 Å². The molecular weight excluding hydrogens is 292 g/mol. The highest BCUT2D eigenvalue weighted by atomic mass is 35.5. The maximum atomic E-state index is 11.7. The molecule has 0 aliphatic carbocycles. The summed E-state index contributed by atoms with van der Waals surface area (Å²) in [5, 5.41) is 2.70. The first-order valence-electron chi connectivity index (χ1n) is 7.19. The molecule has 1 heterocycles. The van der Waals surface area contributed by atoms with Gasteiger partial charge in [0.25, 0.3) is 0 Å². The zero-order valence-electron chi connectivity index (χ0n) is 12.4. The monoisotopic (exact) mass is 314 g/mol. The van der Waals surface area contributed by atoms with Gasteiger partial charge >= 0.3 is 6.09 Å². The third-order valence-corrected chi connectivity index (χ3v) is 3.57. The number of hydrogen-bond acceptors (Lipinski definition) is 3. The smallest absolute Gasteiger partial charge is 0.411 e. The van der Waals surface area contributed by atoms with Gasteiger partial charge in [-0.05, 0) is 31.4 Å². The van der Waals surface area contributed by atoms with Gasteiger partial charge < -0.3 is 26.8 Å². The molecule has 1 aromatic carbocycles. The lowest BCUT2D eigenvalue weighted by Crippen LogP contribution is -3.13. The predicted molar refractivity (Wildman–Crippen MR) is 77.4 cm³/mol. The predicted octanol–water partition coefficient (Wildman–Crippen LogP) is -1.68. The summed E-state index contributed by atoms with van der Waals surface area (Å²) in [5.41, 5.74) is 0.680. The van der Waals surface area contributed by atoms with Crippen molar-refractivity contribution in [2.75, 3.05) is 38.7 Å². The van der Waals surface area contributed by atoms with Crippen LogP contribution in [0.15, 0.2) is 24.3 Å². The molecule has 0 spiro atoms. The number of rotatable bonds is 5. The molecule has 0 unspecified atom stereocenters. The molecule has 6 heteroatoms. The van der Waals surface area contributed by atoms with Crippen LogP contribution in [0.1, 0.15) is 19.3 Å². The quantitative estimate of drug-likeness (QED) is 0.682. The number of methoxy groups -OCH3 is 1. The summed E-state index contributed by atoms with van der Waals surface area (Å²) in [7, 11) is 1.60. The second kappa shape index (κ2) is 9.47. The average Bonchev–Trinajstić information content (AvgIpc) is 2.48. The van der Waals surface area contributed by atoms with E-state index >= 15 is 0 Å². The van der Waals surface area contributed by atoms with Crippen LogP contribution in [0.4, 0.5) is 10.5 Å². The average molecular weight is 315 g/mol. The maximum Gasteiger partial charge on any atom is 0.411 e. The van der Waals surface area contributed by atoms with Gasteiger partial charge in [-0.2, -0.15) is 0 Å². The van der Waals surface area contributed by atoms with Crippen molar-refractivity contribution >= 4 is 11.8 Å². The van der Waals surface area contributed by atoms with E-state index in [9.17, 15) is 4.79 Å². The van der Waals surface area contributed by atoms with E-state index in [0.717, 1.165) is 6.54 Å². The van der Waals surface area contributed by atoms with Gasteiger partial charge in [-0.1, -0.05) is 6.07 Å². The molecule has 118 valence electrons. The van der Waals surface area contributed by atoms with Crippen molar-refractivity contribution < 1.29 is 31.6 Å². The normalized spacial score (nSPS) is 14.9. The molecule has 0 aromatic heterocycles. The van der Waals surface area contributed by atoms with Gasteiger partial charge in [0.1, 0.15) is 18.9 Å². The number of hydrogen-bond donors (Lipinski definition) is 2. The van der Waals surface area contributed by atoms with E-state index < -0.39 is 6.09 Å². The van der Waals surface area contributed by atoms with Gasteiger partial charge in [-0.25, -0.2) is 4.79 Å². The molecule has 21 heavy (non-hydrogen) atoms. The van der Waals surface area contributed by atoms with Crippen LogP contribution in [-0.2, 0) is 4.74 Å². The van der Waals surface area contributed by atoms with Crippen molar-refractivity contribution in [3.05, 3.63) is 24.3 Å². The minimum Gasteiger partial charge on any atom is -1.00 e. The van der Waals surface area contributed by atoms with Gasteiger partial charge in [-0.15, -0.1) is 0 Å². The van der Waals surface area contributed by atoms with Crippen LogP contribution in [0.3, 0.4) is 0 Å². The summed E-state index contributed by atoms with van der Waals surface area (Å²) in [4.78, 5) is 13.2. The molecule has 1 fully saturated rings. The summed E-state index contributed by atoms with van der Waals surface area (Å²) in [5.74, 6) is 0.709. The second-order valence-corrected chi connectivity index (χ2v) is 5.05. The Morgan fingerprint density at radius 2 is 2.05 bits per heavy atom. The number of quaternary nitrogens is 1. The van der Waals surface area contributed by atoms with Crippen LogP contribution in [0.2, 0.25) is 0 Å². The van der Waals surface area contributed by atoms with E-state index in [1.54, 1.807) is 19.2 Å². The number of anilines is 1. The Balaban J connectivity index is 0.00000220. The van der Waals surface area contributed by atoms with Crippen molar-refractivity contribution in [2.24, 2.45) is 0 Å². The first-order valence-corrected chi connectivity index (χ1v) is 7.19. The van der Waals surface area contributed by atoms with E-state index in [2.05, 4.69) is 5.32 Å². The fourth-order valence-electron chi connectivity index (χ4n) is 2.44. The van der Waals surface area contributed by atoms with Crippen LogP contribution >= 0.6 is 0 Å². The SMILES string of the molecule is COc1cccc(NC(=O)OCC[NH+]2CCCCC2)c1.[Cl-]. The number of nitrogens with one attached hydrogen (secondary N) is 2. The molecule has 0 bridgehead atoms. The fourth-order valence-corrected chi connectivity index (χ4v) is 2.44. The van der Waals surface area contributed by atoms with Crippen molar-refractivity contribution in [3.63, 3.8) is 0 Å². The molecule has 5 nitrogen and oxygen atoms in total. The Morgan fingerprint density at radius 3 is 2.76 bits per heavy atom. The summed E-state index contributed by atoms with van der Waals surface area (Å²) >= 11 is 0. The Morgan fingerprint density at radius 1 is 1.29 bits per heavy atom. The first kappa shape index (κ1) is 17.6. The molecule has 0 saturated carbocycles. The maximum absolute atomic E-state index is 11.7. The van der Waals surface area contributed by atoms with Crippen LogP contribution < -0.4 is 27.4 Å². The Kier molecular flexibility index (Phi) is 7.93. The lowest BCUT2D eigenvalue weighted by molar-refractivity contribution is -0.905. The molecule has 2 N–H and O–H groups in total. The number of piperidine rings is 1. The molecule has 1 aliphatic rings. The minimum absolute atomic E-state index is 0. The molecule has 0 radical (unpaired) electrons. The molecule has 1 saturated heterocycles. The molecule has 1 aromatic rings. The minimum atomic E-state index is -0.408.